The number of carbonyl (C=O) groups is 1. The number of hydrogen-bond acceptors (Lipinski definition) is 5. The Morgan fingerprint density at radius 3 is 2.70 bits per heavy atom. The summed E-state index contributed by atoms with van der Waals surface area (Å²) >= 11 is 1.23. The molecule has 0 aliphatic carbocycles. The second-order valence-corrected chi connectivity index (χ2v) is 5.03. The molecule has 1 heterocycles. The van der Waals surface area contributed by atoms with Crippen LogP contribution in [-0.2, 0) is 5.75 Å². The molecular formula is C13H12FN3O2S. The number of aryl methyl sites for hydroxylation is 1. The first-order valence-electron chi connectivity index (χ1n) is 5.72. The molecule has 0 radical (unpaired) electrons. The van der Waals surface area contributed by atoms with E-state index < -0.39 is 5.97 Å². The number of hydrogen-bond donors (Lipinski definition) is 2. The second-order valence-electron chi connectivity index (χ2n) is 4.01. The molecule has 2 aromatic rings. The highest BCUT2D eigenvalue weighted by Gasteiger charge is 2.16. The van der Waals surface area contributed by atoms with Crippen molar-refractivity contribution in [1.82, 2.24) is 9.97 Å². The molecule has 0 bridgehead atoms. The Morgan fingerprint density at radius 1 is 1.40 bits per heavy atom. The van der Waals surface area contributed by atoms with Crippen molar-refractivity contribution in [3.63, 3.8) is 0 Å². The summed E-state index contributed by atoms with van der Waals surface area (Å²) < 4.78 is 13.5. The number of benzene rings is 1. The molecule has 0 unspecified atom stereocenters. The van der Waals surface area contributed by atoms with E-state index in [9.17, 15) is 9.18 Å². The minimum absolute atomic E-state index is 0.0749. The molecule has 7 heteroatoms. The summed E-state index contributed by atoms with van der Waals surface area (Å²) in [7, 11) is 0. The average molecular weight is 293 g/mol. The summed E-state index contributed by atoms with van der Waals surface area (Å²) in [5, 5.41) is 8.97. The van der Waals surface area contributed by atoms with Gasteiger partial charge in [-0.1, -0.05) is 12.1 Å². The van der Waals surface area contributed by atoms with Crippen molar-refractivity contribution in [2.75, 3.05) is 5.73 Å². The van der Waals surface area contributed by atoms with Crippen LogP contribution in [0.15, 0.2) is 29.2 Å². The van der Waals surface area contributed by atoms with Crippen LogP contribution in [0.4, 0.5) is 10.2 Å². The fourth-order valence-corrected chi connectivity index (χ4v) is 2.48. The van der Waals surface area contributed by atoms with Gasteiger partial charge in [0, 0.05) is 4.90 Å². The SMILES string of the molecule is Cc1nc(CSc2ccccc2F)nc(N)c1C(=O)O. The fraction of sp³-hybridized carbons (Fsp3) is 0.154. The van der Waals surface area contributed by atoms with Gasteiger partial charge in [-0.05, 0) is 19.1 Å². The van der Waals surface area contributed by atoms with Crippen LogP contribution in [-0.4, -0.2) is 21.0 Å². The molecule has 0 aliphatic heterocycles. The number of carboxylic acid groups (broad SMARTS) is 1. The van der Waals surface area contributed by atoms with E-state index in [-0.39, 0.29) is 17.2 Å². The highest BCUT2D eigenvalue weighted by molar-refractivity contribution is 7.98. The molecule has 104 valence electrons. The Labute approximate surface area is 119 Å². The van der Waals surface area contributed by atoms with Gasteiger partial charge in [0.2, 0.25) is 0 Å². The Morgan fingerprint density at radius 2 is 2.10 bits per heavy atom. The zero-order valence-corrected chi connectivity index (χ0v) is 11.4. The third-order valence-corrected chi connectivity index (χ3v) is 3.62. The lowest BCUT2D eigenvalue weighted by Gasteiger charge is -2.07. The molecule has 0 aliphatic rings. The van der Waals surface area contributed by atoms with Crippen molar-refractivity contribution in [3.05, 3.63) is 47.2 Å². The molecule has 0 amide bonds. The number of aromatic nitrogens is 2. The normalized spacial score (nSPS) is 10.5. The quantitative estimate of drug-likeness (QED) is 0.842. The lowest BCUT2D eigenvalue weighted by molar-refractivity contribution is 0.0696. The van der Waals surface area contributed by atoms with Crippen molar-refractivity contribution in [2.45, 2.75) is 17.6 Å². The van der Waals surface area contributed by atoms with Crippen molar-refractivity contribution < 1.29 is 14.3 Å². The third-order valence-electron chi connectivity index (χ3n) is 2.57. The molecule has 20 heavy (non-hydrogen) atoms. The number of nitrogen functional groups attached to an aromatic ring is 1. The molecular weight excluding hydrogens is 281 g/mol. The van der Waals surface area contributed by atoms with Crippen molar-refractivity contribution in [2.24, 2.45) is 0 Å². The third kappa shape index (κ3) is 3.05. The number of nitrogens with zero attached hydrogens (tertiary/aromatic N) is 2. The molecule has 1 aromatic carbocycles. The van der Waals surface area contributed by atoms with Gasteiger partial charge in [-0.3, -0.25) is 0 Å². The average Bonchev–Trinajstić information content (AvgIpc) is 2.36. The molecule has 3 N–H and O–H groups in total. The Hall–Kier alpha value is -2.15. The van der Waals surface area contributed by atoms with Gasteiger partial charge in [0.05, 0.1) is 11.4 Å². The maximum atomic E-state index is 13.5. The van der Waals surface area contributed by atoms with E-state index in [2.05, 4.69) is 9.97 Å². The Bertz CT molecular complexity index is 641. The maximum absolute atomic E-state index is 13.5. The van der Waals surface area contributed by atoms with E-state index in [1.54, 1.807) is 25.1 Å². The predicted molar refractivity (Wildman–Crippen MR) is 74.1 cm³/mol. The van der Waals surface area contributed by atoms with Gasteiger partial charge in [0.1, 0.15) is 23.0 Å². The molecule has 0 spiro atoms. The standard InChI is InChI=1S/C13H12FN3O2S/c1-7-11(13(18)19)12(15)17-10(16-7)6-20-9-5-3-2-4-8(9)14/h2-5H,6H2,1H3,(H,18,19)(H2,15,16,17). The van der Waals surface area contributed by atoms with Crippen LogP contribution < -0.4 is 5.73 Å². The highest BCUT2D eigenvalue weighted by Crippen LogP contribution is 2.25. The largest absolute Gasteiger partial charge is 0.477 e. The minimum atomic E-state index is -1.16. The van der Waals surface area contributed by atoms with Gasteiger partial charge in [-0.2, -0.15) is 0 Å². The number of nitrogens with two attached hydrogens (primary N) is 1. The minimum Gasteiger partial charge on any atom is -0.477 e. The molecule has 0 fully saturated rings. The predicted octanol–water partition coefficient (Wildman–Crippen LogP) is 2.50. The zero-order chi connectivity index (χ0) is 14.7. The van der Waals surface area contributed by atoms with Gasteiger partial charge < -0.3 is 10.8 Å². The number of anilines is 1. The highest BCUT2D eigenvalue weighted by atomic mass is 32.2. The first kappa shape index (κ1) is 14.3. The van der Waals surface area contributed by atoms with Crippen LogP contribution in [0.3, 0.4) is 0 Å². The van der Waals surface area contributed by atoms with Crippen LogP contribution >= 0.6 is 11.8 Å². The number of halogens is 1. The van der Waals surface area contributed by atoms with E-state index >= 15 is 0 Å². The van der Waals surface area contributed by atoms with Crippen LogP contribution in [0, 0.1) is 12.7 Å². The lowest BCUT2D eigenvalue weighted by atomic mass is 10.2. The first-order valence-corrected chi connectivity index (χ1v) is 6.71. The fourth-order valence-electron chi connectivity index (χ4n) is 1.69. The molecule has 2 rings (SSSR count). The number of thioether (sulfide) groups is 1. The summed E-state index contributed by atoms with van der Waals surface area (Å²) in [6.45, 7) is 1.55. The van der Waals surface area contributed by atoms with Gasteiger partial charge in [-0.25, -0.2) is 19.2 Å². The first-order chi connectivity index (χ1) is 9.49. The molecule has 0 saturated heterocycles. The summed E-state index contributed by atoms with van der Waals surface area (Å²) in [5.74, 6) is -0.865. The topological polar surface area (TPSA) is 89.1 Å². The van der Waals surface area contributed by atoms with E-state index in [4.69, 9.17) is 10.8 Å². The van der Waals surface area contributed by atoms with E-state index in [0.29, 0.717) is 22.2 Å². The van der Waals surface area contributed by atoms with Crippen molar-refractivity contribution >= 4 is 23.5 Å². The van der Waals surface area contributed by atoms with Crippen LogP contribution in [0.1, 0.15) is 21.9 Å². The van der Waals surface area contributed by atoms with Gasteiger partial charge >= 0.3 is 5.97 Å². The van der Waals surface area contributed by atoms with E-state index in [1.807, 2.05) is 0 Å². The summed E-state index contributed by atoms with van der Waals surface area (Å²) in [6, 6.07) is 6.37. The molecule has 5 nitrogen and oxygen atoms in total. The molecule has 1 aromatic heterocycles. The van der Waals surface area contributed by atoms with Gasteiger partial charge in [0.25, 0.3) is 0 Å². The van der Waals surface area contributed by atoms with Crippen LogP contribution in [0.25, 0.3) is 0 Å². The van der Waals surface area contributed by atoms with Crippen molar-refractivity contribution in [1.29, 1.82) is 0 Å². The Balaban J connectivity index is 2.19. The van der Waals surface area contributed by atoms with E-state index in [0.717, 1.165) is 0 Å². The van der Waals surface area contributed by atoms with Gasteiger partial charge in [0.15, 0.2) is 0 Å². The van der Waals surface area contributed by atoms with Crippen LogP contribution in [0.2, 0.25) is 0 Å². The number of rotatable bonds is 4. The monoisotopic (exact) mass is 293 g/mol. The molecule has 0 saturated carbocycles. The lowest BCUT2D eigenvalue weighted by Crippen LogP contribution is -2.11. The maximum Gasteiger partial charge on any atom is 0.341 e. The summed E-state index contributed by atoms with van der Waals surface area (Å²) in [6.07, 6.45) is 0. The van der Waals surface area contributed by atoms with Crippen LogP contribution in [0.5, 0.6) is 0 Å². The smallest absolute Gasteiger partial charge is 0.341 e. The Kier molecular flexibility index (Phi) is 4.19. The van der Waals surface area contributed by atoms with Crippen molar-refractivity contribution in [3.8, 4) is 0 Å². The number of carboxylic acids is 1. The summed E-state index contributed by atoms with van der Waals surface area (Å²) in [5.41, 5.74) is 5.81. The number of aromatic carboxylic acids is 1. The zero-order valence-electron chi connectivity index (χ0n) is 10.6. The van der Waals surface area contributed by atoms with Gasteiger partial charge in [-0.15, -0.1) is 11.8 Å². The van der Waals surface area contributed by atoms with E-state index in [1.165, 1.54) is 17.8 Å². The second kappa shape index (κ2) is 5.87. The molecule has 0 atom stereocenters. The summed E-state index contributed by atoms with van der Waals surface area (Å²) in [4.78, 5) is 19.5.